The molecule has 0 amide bonds. The Labute approximate surface area is 130 Å². The molecule has 10 heteroatoms. The molecule has 2 heterocycles. The molecule has 1 aliphatic rings. The average Bonchev–Trinajstić information content (AvgIpc) is 3.07. The minimum atomic E-state index is -3.46. The Bertz CT molecular complexity index is 784. The van der Waals surface area contributed by atoms with Gasteiger partial charge in [-0.05, 0) is 19.0 Å². The van der Waals surface area contributed by atoms with Crippen molar-refractivity contribution in [1.82, 2.24) is 10.3 Å². The molecule has 0 spiro atoms. The first-order chi connectivity index (χ1) is 9.48. The molecule has 1 aromatic carbocycles. The summed E-state index contributed by atoms with van der Waals surface area (Å²) in [6.45, 7) is 1.11. The van der Waals surface area contributed by atoms with Crippen molar-refractivity contribution in [2.75, 3.05) is 13.1 Å². The number of rotatable bonds is 3. The zero-order valence-electron chi connectivity index (χ0n) is 10.7. The fraction of sp³-hybridized carbons (Fsp3) is 0.364. The molecule has 1 atom stereocenters. The number of sulfone groups is 1. The van der Waals surface area contributed by atoms with E-state index < -0.39 is 20.0 Å². The summed E-state index contributed by atoms with van der Waals surface area (Å²) in [6.07, 6.45) is 0.568. The van der Waals surface area contributed by atoms with E-state index in [9.17, 15) is 18.5 Å². The Morgan fingerprint density at radius 3 is 2.81 bits per heavy atom. The highest BCUT2D eigenvalue weighted by atomic mass is 35.5. The van der Waals surface area contributed by atoms with E-state index in [0.29, 0.717) is 29.7 Å². The van der Waals surface area contributed by atoms with Gasteiger partial charge in [-0.25, -0.2) is 13.4 Å². The second-order valence-electron chi connectivity index (χ2n) is 4.55. The SMILES string of the molecule is Cl.O=[N+]([O-])c1ccc2sc(S(=O)(=O)C3CCNC3)nc2c1. The normalized spacial score (nSPS) is 18.6. The third-order valence-corrected chi connectivity index (χ3v) is 6.90. The highest BCUT2D eigenvalue weighted by Crippen LogP contribution is 2.31. The summed E-state index contributed by atoms with van der Waals surface area (Å²) in [6, 6.07) is 4.20. The molecule has 2 aromatic rings. The number of nitro groups is 1. The minimum absolute atomic E-state index is 0. The third kappa shape index (κ3) is 2.86. The van der Waals surface area contributed by atoms with Gasteiger partial charge in [-0.15, -0.1) is 23.7 Å². The van der Waals surface area contributed by atoms with Gasteiger partial charge in [0.25, 0.3) is 5.69 Å². The second-order valence-corrected chi connectivity index (χ2v) is 7.98. The Morgan fingerprint density at radius 1 is 1.43 bits per heavy atom. The average molecular weight is 350 g/mol. The Hall–Kier alpha value is -1.29. The van der Waals surface area contributed by atoms with Gasteiger partial charge >= 0.3 is 0 Å². The summed E-state index contributed by atoms with van der Waals surface area (Å²) in [4.78, 5) is 14.3. The molecule has 21 heavy (non-hydrogen) atoms. The van der Waals surface area contributed by atoms with Gasteiger partial charge in [0.2, 0.25) is 14.2 Å². The number of nitrogens with one attached hydrogen (secondary N) is 1. The topological polar surface area (TPSA) is 102 Å². The largest absolute Gasteiger partial charge is 0.315 e. The highest BCUT2D eigenvalue weighted by Gasteiger charge is 2.33. The smallest absolute Gasteiger partial charge is 0.271 e. The van der Waals surface area contributed by atoms with Gasteiger partial charge in [-0.3, -0.25) is 10.1 Å². The number of nitrogens with zero attached hydrogens (tertiary/aromatic N) is 2. The minimum Gasteiger partial charge on any atom is -0.315 e. The summed E-state index contributed by atoms with van der Waals surface area (Å²) in [5.41, 5.74) is 0.267. The molecule has 1 fully saturated rings. The van der Waals surface area contributed by atoms with Crippen LogP contribution in [0.5, 0.6) is 0 Å². The standard InChI is InChI=1S/C11H11N3O4S2.ClH/c15-14(16)7-1-2-10-9(5-7)13-11(19-10)20(17,18)8-3-4-12-6-8;/h1-2,5,8,12H,3-4,6H2;1H. The summed E-state index contributed by atoms with van der Waals surface area (Å²) >= 11 is 1.06. The number of aromatic nitrogens is 1. The van der Waals surface area contributed by atoms with Crippen molar-refractivity contribution in [3.05, 3.63) is 28.3 Å². The summed E-state index contributed by atoms with van der Waals surface area (Å²) in [5, 5.41) is 13.3. The van der Waals surface area contributed by atoms with Gasteiger partial charge in [0, 0.05) is 18.7 Å². The van der Waals surface area contributed by atoms with Gasteiger partial charge < -0.3 is 5.32 Å². The van der Waals surface area contributed by atoms with E-state index in [0.717, 1.165) is 11.3 Å². The lowest BCUT2D eigenvalue weighted by molar-refractivity contribution is -0.384. The van der Waals surface area contributed by atoms with Gasteiger partial charge in [-0.1, -0.05) is 0 Å². The van der Waals surface area contributed by atoms with E-state index >= 15 is 0 Å². The third-order valence-electron chi connectivity index (χ3n) is 3.26. The van der Waals surface area contributed by atoms with Gasteiger partial charge in [0.15, 0.2) is 0 Å². The first-order valence-electron chi connectivity index (χ1n) is 5.98. The fourth-order valence-corrected chi connectivity index (χ4v) is 5.26. The number of non-ortho nitro benzene ring substituents is 1. The highest BCUT2D eigenvalue weighted by molar-refractivity contribution is 7.94. The molecule has 1 unspecified atom stereocenters. The Balaban J connectivity index is 0.00000161. The lowest BCUT2D eigenvalue weighted by Crippen LogP contribution is -2.23. The molecule has 1 N–H and O–H groups in total. The van der Waals surface area contributed by atoms with E-state index in [2.05, 4.69) is 10.3 Å². The van der Waals surface area contributed by atoms with E-state index in [1.807, 2.05) is 0 Å². The molecule has 0 radical (unpaired) electrons. The predicted molar refractivity (Wildman–Crippen MR) is 82.0 cm³/mol. The number of hydrogen-bond acceptors (Lipinski definition) is 7. The van der Waals surface area contributed by atoms with Crippen molar-refractivity contribution < 1.29 is 13.3 Å². The lowest BCUT2D eigenvalue weighted by Gasteiger charge is -2.06. The van der Waals surface area contributed by atoms with E-state index in [1.165, 1.54) is 18.2 Å². The summed E-state index contributed by atoms with van der Waals surface area (Å²) in [5.74, 6) is 0. The number of halogens is 1. The van der Waals surface area contributed by atoms with Crippen molar-refractivity contribution in [3.8, 4) is 0 Å². The molecule has 114 valence electrons. The van der Waals surface area contributed by atoms with Crippen molar-refractivity contribution in [2.24, 2.45) is 0 Å². The van der Waals surface area contributed by atoms with Crippen LogP contribution in [0.25, 0.3) is 10.2 Å². The lowest BCUT2D eigenvalue weighted by atomic mass is 10.3. The molecule has 3 rings (SSSR count). The fourth-order valence-electron chi connectivity index (χ4n) is 2.17. The zero-order chi connectivity index (χ0) is 14.3. The van der Waals surface area contributed by atoms with Crippen LogP contribution in [0.4, 0.5) is 5.69 Å². The van der Waals surface area contributed by atoms with Crippen LogP contribution in [0.2, 0.25) is 0 Å². The molecule has 1 aliphatic heterocycles. The molecule has 1 aromatic heterocycles. The Kier molecular flexibility index (Phi) is 4.47. The number of hydrogen-bond donors (Lipinski definition) is 1. The molecular weight excluding hydrogens is 338 g/mol. The van der Waals surface area contributed by atoms with Crippen LogP contribution in [-0.2, 0) is 9.84 Å². The van der Waals surface area contributed by atoms with Crippen molar-refractivity contribution in [3.63, 3.8) is 0 Å². The van der Waals surface area contributed by atoms with Crippen molar-refractivity contribution >= 4 is 49.5 Å². The number of thiazole rings is 1. The molecule has 7 nitrogen and oxygen atoms in total. The summed E-state index contributed by atoms with van der Waals surface area (Å²) < 4.78 is 25.5. The quantitative estimate of drug-likeness (QED) is 0.669. The van der Waals surface area contributed by atoms with Gasteiger partial charge in [0.1, 0.15) is 0 Å². The van der Waals surface area contributed by atoms with Crippen molar-refractivity contribution in [2.45, 2.75) is 16.0 Å². The van der Waals surface area contributed by atoms with Gasteiger partial charge in [-0.2, -0.15) is 0 Å². The van der Waals surface area contributed by atoms with Crippen LogP contribution >= 0.6 is 23.7 Å². The summed E-state index contributed by atoms with van der Waals surface area (Å²) in [7, 11) is -3.46. The molecule has 0 saturated carbocycles. The first kappa shape index (κ1) is 16.1. The molecule has 1 saturated heterocycles. The second kappa shape index (κ2) is 5.84. The van der Waals surface area contributed by atoms with Gasteiger partial charge in [0.05, 0.1) is 20.4 Å². The van der Waals surface area contributed by atoms with Crippen LogP contribution < -0.4 is 5.32 Å². The molecular formula is C11H12ClN3O4S2. The Morgan fingerprint density at radius 2 is 2.19 bits per heavy atom. The van der Waals surface area contributed by atoms with Crippen LogP contribution in [0.15, 0.2) is 22.5 Å². The predicted octanol–water partition coefficient (Wildman–Crippen LogP) is 1.76. The molecule has 0 bridgehead atoms. The van der Waals surface area contributed by atoms with Crippen LogP contribution in [0, 0.1) is 10.1 Å². The van der Waals surface area contributed by atoms with E-state index in [4.69, 9.17) is 0 Å². The number of nitro benzene ring substituents is 1. The zero-order valence-corrected chi connectivity index (χ0v) is 13.1. The van der Waals surface area contributed by atoms with E-state index in [-0.39, 0.29) is 22.4 Å². The van der Waals surface area contributed by atoms with Crippen molar-refractivity contribution in [1.29, 1.82) is 0 Å². The maximum atomic E-state index is 12.4. The molecule has 0 aliphatic carbocycles. The van der Waals surface area contributed by atoms with Crippen LogP contribution in [-0.4, -0.2) is 36.7 Å². The van der Waals surface area contributed by atoms with E-state index in [1.54, 1.807) is 0 Å². The monoisotopic (exact) mass is 349 g/mol. The van der Waals surface area contributed by atoms with Crippen LogP contribution in [0.1, 0.15) is 6.42 Å². The first-order valence-corrected chi connectivity index (χ1v) is 8.34. The maximum absolute atomic E-state index is 12.4. The number of benzene rings is 1. The number of fused-ring (bicyclic) bond motifs is 1. The maximum Gasteiger partial charge on any atom is 0.271 e. The van der Waals surface area contributed by atoms with Crippen LogP contribution in [0.3, 0.4) is 0 Å².